The highest BCUT2D eigenvalue weighted by Crippen LogP contribution is 2.18. The van der Waals surface area contributed by atoms with Gasteiger partial charge in [0.25, 0.3) is 11.5 Å². The molecule has 2 aromatic heterocycles. The van der Waals surface area contributed by atoms with Crippen molar-refractivity contribution < 1.29 is 4.79 Å². The van der Waals surface area contributed by atoms with E-state index in [0.29, 0.717) is 28.1 Å². The van der Waals surface area contributed by atoms with E-state index in [4.69, 9.17) is 0 Å². The van der Waals surface area contributed by atoms with Crippen LogP contribution in [0.2, 0.25) is 0 Å². The van der Waals surface area contributed by atoms with Crippen molar-refractivity contribution in [1.82, 2.24) is 14.9 Å². The monoisotopic (exact) mass is 327 g/mol. The lowest BCUT2D eigenvalue weighted by Gasteiger charge is -2.19. The van der Waals surface area contributed by atoms with Gasteiger partial charge in [-0.3, -0.25) is 9.59 Å². The third-order valence-electron chi connectivity index (χ3n) is 3.62. The van der Waals surface area contributed by atoms with E-state index < -0.39 is 0 Å². The fourth-order valence-electron chi connectivity index (χ4n) is 2.42. The highest BCUT2D eigenvalue weighted by atomic mass is 32.1. The molecule has 3 rings (SSSR count). The van der Waals surface area contributed by atoms with Crippen LogP contribution in [0.25, 0.3) is 10.9 Å². The van der Waals surface area contributed by atoms with Gasteiger partial charge in [0.2, 0.25) is 0 Å². The molecule has 0 bridgehead atoms. The molecule has 1 aromatic carbocycles. The molecule has 0 aliphatic carbocycles. The first kappa shape index (κ1) is 15.4. The number of nitrogens with zero attached hydrogens (tertiary/aromatic N) is 2. The summed E-state index contributed by atoms with van der Waals surface area (Å²) in [6, 6.07) is 11.0. The van der Waals surface area contributed by atoms with Gasteiger partial charge in [-0.1, -0.05) is 12.1 Å². The van der Waals surface area contributed by atoms with Crippen LogP contribution in [0.5, 0.6) is 0 Å². The van der Waals surface area contributed by atoms with E-state index in [9.17, 15) is 9.59 Å². The average molecular weight is 327 g/mol. The number of hydrogen-bond donors (Lipinski definition) is 1. The number of para-hydroxylation sites is 1. The first-order valence-electron chi connectivity index (χ1n) is 7.42. The van der Waals surface area contributed by atoms with Crippen molar-refractivity contribution in [3.63, 3.8) is 0 Å². The first-order chi connectivity index (χ1) is 11.1. The lowest BCUT2D eigenvalue weighted by atomic mass is 10.2. The van der Waals surface area contributed by atoms with Gasteiger partial charge < -0.3 is 9.88 Å². The van der Waals surface area contributed by atoms with Gasteiger partial charge in [-0.2, -0.15) is 0 Å². The van der Waals surface area contributed by atoms with Crippen molar-refractivity contribution in [1.29, 1.82) is 0 Å². The summed E-state index contributed by atoms with van der Waals surface area (Å²) in [5, 5.41) is 0.555. The maximum atomic E-state index is 12.6. The van der Waals surface area contributed by atoms with Crippen LogP contribution in [0.4, 0.5) is 0 Å². The minimum atomic E-state index is -0.180. The Kier molecular flexibility index (Phi) is 4.25. The molecule has 0 aliphatic rings. The molecule has 0 saturated heterocycles. The number of nitrogens with one attached hydrogen (secondary N) is 1. The number of carbonyl (C=O) groups is 1. The average Bonchev–Trinajstić information content (AvgIpc) is 2.98. The Bertz CT molecular complexity index is 913. The summed E-state index contributed by atoms with van der Waals surface area (Å²) in [4.78, 5) is 35.4. The number of aromatic amines is 1. The minimum Gasteiger partial charge on any atom is -0.331 e. The Balaban J connectivity index is 1.90. The fraction of sp³-hybridized carbons (Fsp3) is 0.235. The van der Waals surface area contributed by atoms with Crippen LogP contribution in [-0.4, -0.2) is 27.3 Å². The van der Waals surface area contributed by atoms with E-state index >= 15 is 0 Å². The smallest absolute Gasteiger partial charge is 0.264 e. The largest absolute Gasteiger partial charge is 0.331 e. The second-order valence-corrected chi connectivity index (χ2v) is 6.55. The van der Waals surface area contributed by atoms with Crippen LogP contribution in [0.1, 0.15) is 27.3 Å². The van der Waals surface area contributed by atoms with Gasteiger partial charge >= 0.3 is 0 Å². The number of amides is 1. The first-order valence-corrected chi connectivity index (χ1v) is 8.23. The Morgan fingerprint density at radius 1 is 1.26 bits per heavy atom. The van der Waals surface area contributed by atoms with E-state index in [-0.39, 0.29) is 18.0 Å². The van der Waals surface area contributed by atoms with Crippen molar-refractivity contribution in [3.05, 3.63) is 62.3 Å². The summed E-state index contributed by atoms with van der Waals surface area (Å²) in [6.07, 6.45) is 0. The number of aryl methyl sites for hydroxylation is 1. The predicted octanol–water partition coefficient (Wildman–Crippen LogP) is 2.96. The summed E-state index contributed by atoms with van der Waals surface area (Å²) in [5.74, 6) is 0.457. The molecule has 0 saturated carbocycles. The summed E-state index contributed by atoms with van der Waals surface area (Å²) in [6.45, 7) is 4.72. The SMILES string of the molecule is CCN(Cc1nc2ccccc2c(=O)[nH]1)C(=O)c1ccc(C)s1. The zero-order chi connectivity index (χ0) is 16.4. The molecule has 6 heteroatoms. The third-order valence-corrected chi connectivity index (χ3v) is 4.61. The van der Waals surface area contributed by atoms with Gasteiger partial charge in [0.15, 0.2) is 0 Å². The maximum absolute atomic E-state index is 12.6. The van der Waals surface area contributed by atoms with Gasteiger partial charge in [0.05, 0.1) is 22.3 Å². The molecule has 1 amide bonds. The Labute approximate surface area is 137 Å². The van der Waals surface area contributed by atoms with Crippen LogP contribution in [0.15, 0.2) is 41.2 Å². The maximum Gasteiger partial charge on any atom is 0.264 e. The summed E-state index contributed by atoms with van der Waals surface area (Å²) in [7, 11) is 0. The molecule has 5 nitrogen and oxygen atoms in total. The number of H-pyrrole nitrogens is 1. The van der Waals surface area contributed by atoms with Gasteiger partial charge in [-0.25, -0.2) is 4.98 Å². The number of benzene rings is 1. The predicted molar refractivity (Wildman–Crippen MR) is 91.8 cm³/mol. The van der Waals surface area contributed by atoms with E-state index in [1.807, 2.05) is 32.0 Å². The quantitative estimate of drug-likeness (QED) is 0.801. The number of aromatic nitrogens is 2. The topological polar surface area (TPSA) is 66.1 Å². The molecular weight excluding hydrogens is 310 g/mol. The Hall–Kier alpha value is -2.47. The molecule has 0 aliphatic heterocycles. The molecule has 0 atom stereocenters. The Morgan fingerprint density at radius 3 is 2.74 bits per heavy atom. The summed E-state index contributed by atoms with van der Waals surface area (Å²) in [5.41, 5.74) is 0.461. The van der Waals surface area contributed by atoms with E-state index in [0.717, 1.165) is 4.88 Å². The van der Waals surface area contributed by atoms with Crippen LogP contribution >= 0.6 is 11.3 Å². The lowest BCUT2D eigenvalue weighted by Crippen LogP contribution is -2.31. The fourth-order valence-corrected chi connectivity index (χ4v) is 3.26. The van der Waals surface area contributed by atoms with Crippen molar-refractivity contribution >= 4 is 28.1 Å². The zero-order valence-electron chi connectivity index (χ0n) is 13.0. The molecule has 0 radical (unpaired) electrons. The summed E-state index contributed by atoms with van der Waals surface area (Å²) >= 11 is 1.47. The Morgan fingerprint density at radius 2 is 2.04 bits per heavy atom. The van der Waals surface area contributed by atoms with Crippen molar-refractivity contribution in [2.45, 2.75) is 20.4 Å². The second kappa shape index (κ2) is 6.34. The van der Waals surface area contributed by atoms with Crippen molar-refractivity contribution in [3.8, 4) is 0 Å². The molecule has 118 valence electrons. The van der Waals surface area contributed by atoms with E-state index in [1.54, 1.807) is 23.1 Å². The van der Waals surface area contributed by atoms with Gasteiger partial charge in [0, 0.05) is 11.4 Å². The summed E-state index contributed by atoms with van der Waals surface area (Å²) < 4.78 is 0. The highest BCUT2D eigenvalue weighted by Gasteiger charge is 2.17. The van der Waals surface area contributed by atoms with Crippen LogP contribution in [-0.2, 0) is 6.54 Å². The molecular formula is C17H17N3O2S. The number of rotatable bonds is 4. The number of carbonyl (C=O) groups excluding carboxylic acids is 1. The van der Waals surface area contributed by atoms with Gasteiger partial charge in [-0.05, 0) is 38.1 Å². The van der Waals surface area contributed by atoms with Crippen LogP contribution < -0.4 is 5.56 Å². The van der Waals surface area contributed by atoms with Gasteiger partial charge in [-0.15, -0.1) is 11.3 Å². The minimum absolute atomic E-state index is 0.0404. The number of fused-ring (bicyclic) bond motifs is 1. The zero-order valence-corrected chi connectivity index (χ0v) is 13.8. The van der Waals surface area contributed by atoms with Crippen molar-refractivity contribution in [2.24, 2.45) is 0 Å². The normalized spacial score (nSPS) is 10.9. The van der Waals surface area contributed by atoms with Crippen LogP contribution in [0, 0.1) is 6.92 Å². The third kappa shape index (κ3) is 3.17. The standard InChI is InChI=1S/C17H17N3O2S/c1-3-20(17(22)14-9-8-11(2)23-14)10-15-18-13-7-5-4-6-12(13)16(21)19-15/h4-9H,3,10H2,1-2H3,(H,18,19,21). The molecule has 3 aromatic rings. The lowest BCUT2D eigenvalue weighted by molar-refractivity contribution is 0.0753. The van der Waals surface area contributed by atoms with E-state index in [1.165, 1.54) is 11.3 Å². The number of thiophene rings is 1. The van der Waals surface area contributed by atoms with E-state index in [2.05, 4.69) is 9.97 Å². The highest BCUT2D eigenvalue weighted by molar-refractivity contribution is 7.13. The molecule has 0 fully saturated rings. The molecule has 0 unspecified atom stereocenters. The van der Waals surface area contributed by atoms with Gasteiger partial charge in [0.1, 0.15) is 5.82 Å². The molecule has 2 heterocycles. The molecule has 0 spiro atoms. The second-order valence-electron chi connectivity index (χ2n) is 5.26. The van der Waals surface area contributed by atoms with Crippen molar-refractivity contribution in [2.75, 3.05) is 6.54 Å². The molecule has 1 N–H and O–H groups in total. The van der Waals surface area contributed by atoms with Crippen LogP contribution in [0.3, 0.4) is 0 Å². The molecule has 23 heavy (non-hydrogen) atoms. The number of hydrogen-bond acceptors (Lipinski definition) is 4.